The Labute approximate surface area is 125 Å². The van der Waals surface area contributed by atoms with Gasteiger partial charge in [-0.2, -0.15) is 0 Å². The van der Waals surface area contributed by atoms with Gasteiger partial charge in [-0.1, -0.05) is 23.7 Å². The molecule has 0 aromatic heterocycles. The molecule has 1 aromatic carbocycles. The summed E-state index contributed by atoms with van der Waals surface area (Å²) in [6, 6.07) is 7.50. The molecule has 1 aliphatic heterocycles. The second-order valence-electron chi connectivity index (χ2n) is 5.31. The van der Waals surface area contributed by atoms with Crippen LogP contribution in [-0.2, 0) is 16.0 Å². The molecular formula is C16H22ClNO2. The van der Waals surface area contributed by atoms with Crippen molar-refractivity contribution in [3.63, 3.8) is 0 Å². The van der Waals surface area contributed by atoms with Crippen LogP contribution >= 0.6 is 11.6 Å². The Hall–Kier alpha value is -1.06. The molecule has 3 nitrogen and oxygen atoms in total. The first-order valence-corrected chi connectivity index (χ1v) is 7.66. The van der Waals surface area contributed by atoms with Gasteiger partial charge in [0.15, 0.2) is 0 Å². The number of nitrogens with zero attached hydrogens (tertiary/aromatic N) is 1. The Morgan fingerprint density at radius 2 is 2.15 bits per heavy atom. The van der Waals surface area contributed by atoms with Crippen molar-refractivity contribution < 1.29 is 9.53 Å². The number of hydrogen-bond acceptors (Lipinski definition) is 2. The van der Waals surface area contributed by atoms with Crippen LogP contribution in [0, 0.1) is 5.92 Å². The lowest BCUT2D eigenvalue weighted by Gasteiger charge is -2.32. The normalized spacial score (nSPS) is 19.1. The summed E-state index contributed by atoms with van der Waals surface area (Å²) in [6.45, 7) is 5.21. The van der Waals surface area contributed by atoms with Crippen LogP contribution in [0.4, 0.5) is 0 Å². The quantitative estimate of drug-likeness (QED) is 0.835. The van der Waals surface area contributed by atoms with Crippen LogP contribution in [0.25, 0.3) is 0 Å². The number of ether oxygens (including phenoxy) is 1. The molecule has 0 radical (unpaired) electrons. The van der Waals surface area contributed by atoms with Gasteiger partial charge in [0.05, 0.1) is 13.0 Å². The number of likely N-dealkylation sites (tertiary alicyclic amines) is 1. The van der Waals surface area contributed by atoms with Gasteiger partial charge in [0.1, 0.15) is 0 Å². The Morgan fingerprint density at radius 3 is 2.85 bits per heavy atom. The zero-order chi connectivity index (χ0) is 14.4. The van der Waals surface area contributed by atoms with Crippen LogP contribution in [0.15, 0.2) is 24.3 Å². The molecule has 20 heavy (non-hydrogen) atoms. The maximum Gasteiger partial charge on any atom is 0.226 e. The number of hydrogen-bond donors (Lipinski definition) is 0. The Kier molecular flexibility index (Phi) is 5.86. The third kappa shape index (κ3) is 4.50. The van der Waals surface area contributed by atoms with Gasteiger partial charge in [-0.25, -0.2) is 0 Å². The summed E-state index contributed by atoms with van der Waals surface area (Å²) in [5, 5.41) is 0.705. The lowest BCUT2D eigenvalue weighted by molar-refractivity contribution is -0.132. The number of amides is 1. The number of carbonyl (C=O) groups excluding carboxylic acids is 1. The average molecular weight is 296 g/mol. The fourth-order valence-electron chi connectivity index (χ4n) is 2.60. The summed E-state index contributed by atoms with van der Waals surface area (Å²) < 4.78 is 5.48. The second-order valence-corrected chi connectivity index (χ2v) is 5.75. The van der Waals surface area contributed by atoms with Crippen molar-refractivity contribution in [2.45, 2.75) is 26.2 Å². The Bertz CT molecular complexity index is 433. The van der Waals surface area contributed by atoms with Crippen LogP contribution in [0.1, 0.15) is 25.3 Å². The van der Waals surface area contributed by atoms with Crippen molar-refractivity contribution in [3.05, 3.63) is 34.9 Å². The van der Waals surface area contributed by atoms with E-state index in [9.17, 15) is 4.79 Å². The average Bonchev–Trinajstić information content (AvgIpc) is 2.48. The zero-order valence-corrected chi connectivity index (χ0v) is 12.7. The molecule has 0 saturated carbocycles. The van der Waals surface area contributed by atoms with Crippen molar-refractivity contribution in [2.75, 3.05) is 26.3 Å². The van der Waals surface area contributed by atoms with Crippen molar-refractivity contribution in [3.8, 4) is 0 Å². The van der Waals surface area contributed by atoms with E-state index < -0.39 is 0 Å². The lowest BCUT2D eigenvalue weighted by Crippen LogP contribution is -2.42. The molecule has 0 N–H and O–H groups in total. The van der Waals surface area contributed by atoms with E-state index in [1.165, 1.54) is 0 Å². The minimum atomic E-state index is 0.202. The van der Waals surface area contributed by atoms with Gasteiger partial charge in [0, 0.05) is 24.7 Å². The van der Waals surface area contributed by atoms with E-state index >= 15 is 0 Å². The summed E-state index contributed by atoms with van der Waals surface area (Å²) in [5.41, 5.74) is 1.02. The molecule has 1 saturated heterocycles. The smallest absolute Gasteiger partial charge is 0.226 e. The topological polar surface area (TPSA) is 29.5 Å². The van der Waals surface area contributed by atoms with E-state index in [2.05, 4.69) is 0 Å². The van der Waals surface area contributed by atoms with Gasteiger partial charge in [-0.3, -0.25) is 4.79 Å². The molecule has 0 bridgehead atoms. The fraction of sp³-hybridized carbons (Fsp3) is 0.562. The molecule has 1 fully saturated rings. The number of piperidine rings is 1. The SMILES string of the molecule is CCOCC1CCCN(C(=O)Cc2ccc(Cl)cc2)C1. The molecule has 2 rings (SSSR count). The first-order valence-electron chi connectivity index (χ1n) is 7.29. The first kappa shape index (κ1) is 15.3. The third-order valence-electron chi connectivity index (χ3n) is 3.70. The van der Waals surface area contributed by atoms with Crippen molar-refractivity contribution >= 4 is 17.5 Å². The first-order chi connectivity index (χ1) is 9.69. The van der Waals surface area contributed by atoms with E-state index in [4.69, 9.17) is 16.3 Å². The lowest BCUT2D eigenvalue weighted by atomic mass is 9.98. The Balaban J connectivity index is 1.86. The fourth-order valence-corrected chi connectivity index (χ4v) is 2.73. The number of carbonyl (C=O) groups is 1. The monoisotopic (exact) mass is 295 g/mol. The van der Waals surface area contributed by atoms with E-state index in [1.807, 2.05) is 36.1 Å². The van der Waals surface area contributed by atoms with Gasteiger partial charge in [0.2, 0.25) is 5.91 Å². The van der Waals surface area contributed by atoms with E-state index in [1.54, 1.807) is 0 Å². The molecule has 1 atom stereocenters. The minimum Gasteiger partial charge on any atom is -0.381 e. The van der Waals surface area contributed by atoms with Gasteiger partial charge in [0.25, 0.3) is 0 Å². The predicted molar refractivity (Wildman–Crippen MR) is 81.0 cm³/mol. The second kappa shape index (κ2) is 7.65. The Morgan fingerprint density at radius 1 is 1.40 bits per heavy atom. The largest absolute Gasteiger partial charge is 0.381 e. The minimum absolute atomic E-state index is 0.202. The number of halogens is 1. The van der Waals surface area contributed by atoms with Crippen LogP contribution in [0.2, 0.25) is 5.02 Å². The molecule has 1 aliphatic rings. The summed E-state index contributed by atoms with van der Waals surface area (Å²) in [5.74, 6) is 0.686. The standard InChI is InChI=1S/C16H22ClNO2/c1-2-20-12-14-4-3-9-18(11-14)16(19)10-13-5-7-15(17)8-6-13/h5-8,14H,2-4,9-12H2,1H3. The summed E-state index contributed by atoms with van der Waals surface area (Å²) >= 11 is 5.86. The van der Waals surface area contributed by atoms with E-state index in [0.29, 0.717) is 17.4 Å². The van der Waals surface area contributed by atoms with Crippen molar-refractivity contribution in [2.24, 2.45) is 5.92 Å². The highest BCUT2D eigenvalue weighted by Gasteiger charge is 2.23. The summed E-state index contributed by atoms with van der Waals surface area (Å²) in [7, 11) is 0. The highest BCUT2D eigenvalue weighted by atomic mass is 35.5. The molecule has 4 heteroatoms. The van der Waals surface area contributed by atoms with Crippen LogP contribution < -0.4 is 0 Å². The molecule has 0 spiro atoms. The molecular weight excluding hydrogens is 274 g/mol. The van der Waals surface area contributed by atoms with Gasteiger partial charge in [-0.05, 0) is 43.4 Å². The summed E-state index contributed by atoms with van der Waals surface area (Å²) in [4.78, 5) is 14.3. The molecule has 0 aliphatic carbocycles. The van der Waals surface area contributed by atoms with E-state index in [0.717, 1.165) is 44.7 Å². The van der Waals surface area contributed by atoms with Crippen LogP contribution in [0.5, 0.6) is 0 Å². The van der Waals surface area contributed by atoms with Gasteiger partial charge >= 0.3 is 0 Å². The molecule has 1 amide bonds. The van der Waals surface area contributed by atoms with Crippen molar-refractivity contribution in [1.29, 1.82) is 0 Å². The number of benzene rings is 1. The van der Waals surface area contributed by atoms with Crippen LogP contribution in [0.3, 0.4) is 0 Å². The van der Waals surface area contributed by atoms with Crippen molar-refractivity contribution in [1.82, 2.24) is 4.90 Å². The zero-order valence-electron chi connectivity index (χ0n) is 12.0. The number of rotatable bonds is 5. The molecule has 110 valence electrons. The third-order valence-corrected chi connectivity index (χ3v) is 3.95. The maximum absolute atomic E-state index is 12.3. The highest BCUT2D eigenvalue weighted by Crippen LogP contribution is 2.18. The highest BCUT2D eigenvalue weighted by molar-refractivity contribution is 6.30. The van der Waals surface area contributed by atoms with Crippen LogP contribution in [-0.4, -0.2) is 37.1 Å². The predicted octanol–water partition coefficient (Wildman–Crippen LogP) is 3.16. The van der Waals surface area contributed by atoms with Gasteiger partial charge < -0.3 is 9.64 Å². The summed E-state index contributed by atoms with van der Waals surface area (Å²) in [6.07, 6.45) is 2.69. The van der Waals surface area contributed by atoms with E-state index in [-0.39, 0.29) is 5.91 Å². The maximum atomic E-state index is 12.3. The molecule has 1 heterocycles. The molecule has 1 unspecified atom stereocenters. The molecule has 1 aromatic rings. The van der Waals surface area contributed by atoms with Gasteiger partial charge in [-0.15, -0.1) is 0 Å².